The number of anilines is 2. The summed E-state index contributed by atoms with van der Waals surface area (Å²) in [7, 11) is 0. The topological polar surface area (TPSA) is 88.2 Å². The van der Waals surface area contributed by atoms with Crippen LogP contribution in [0.3, 0.4) is 0 Å². The average Bonchev–Trinajstić information content (AvgIpc) is 2.79. The largest absolute Gasteiger partial charge is 0.494 e. The van der Waals surface area contributed by atoms with Gasteiger partial charge < -0.3 is 14.4 Å². The number of barbiturate groups is 1. The van der Waals surface area contributed by atoms with Crippen molar-refractivity contribution in [3.05, 3.63) is 59.2 Å². The van der Waals surface area contributed by atoms with Crippen molar-refractivity contribution in [2.24, 2.45) is 0 Å². The van der Waals surface area contributed by atoms with E-state index in [1.807, 2.05) is 32.0 Å². The molecule has 2 aromatic rings. The van der Waals surface area contributed by atoms with Crippen molar-refractivity contribution in [1.29, 1.82) is 0 Å². The number of hydrogen-bond donors (Lipinski definition) is 1. The SMILES string of the molecule is CCOc1ccc(N2C(=O)NC(=O)/C(=C\c3ccc(N4CCOCC4)cc3C)C2=O)cc1. The Kier molecular flexibility index (Phi) is 6.23. The molecule has 0 spiro atoms. The highest BCUT2D eigenvalue weighted by atomic mass is 16.5. The van der Waals surface area contributed by atoms with Gasteiger partial charge in [-0.05, 0) is 67.4 Å². The lowest BCUT2D eigenvalue weighted by atomic mass is 10.0. The Labute approximate surface area is 186 Å². The van der Waals surface area contributed by atoms with Crippen molar-refractivity contribution in [1.82, 2.24) is 5.32 Å². The summed E-state index contributed by atoms with van der Waals surface area (Å²) in [6.45, 7) is 7.32. The van der Waals surface area contributed by atoms with E-state index in [-0.39, 0.29) is 5.57 Å². The van der Waals surface area contributed by atoms with Gasteiger partial charge in [0.15, 0.2) is 0 Å². The number of rotatable bonds is 5. The van der Waals surface area contributed by atoms with Crippen LogP contribution in [0, 0.1) is 6.92 Å². The number of ether oxygens (including phenoxy) is 2. The molecular weight excluding hydrogens is 410 g/mol. The predicted octanol–water partition coefficient (Wildman–Crippen LogP) is 2.90. The minimum absolute atomic E-state index is 0.0966. The summed E-state index contributed by atoms with van der Waals surface area (Å²) in [5.41, 5.74) is 2.99. The van der Waals surface area contributed by atoms with Gasteiger partial charge in [-0.25, -0.2) is 9.69 Å². The van der Waals surface area contributed by atoms with Crippen LogP contribution < -0.4 is 19.9 Å². The standard InChI is InChI=1S/C24H25N3O5/c1-3-32-20-8-6-18(7-9-20)27-23(29)21(22(28)25-24(27)30)15-17-4-5-19(14-16(17)2)26-10-12-31-13-11-26/h4-9,14-15H,3,10-13H2,1-2H3,(H,25,28,30)/b21-15+. The fourth-order valence-electron chi connectivity index (χ4n) is 3.75. The third-order valence-electron chi connectivity index (χ3n) is 5.44. The van der Waals surface area contributed by atoms with Crippen molar-refractivity contribution in [2.75, 3.05) is 42.7 Å². The second-order valence-corrected chi connectivity index (χ2v) is 7.53. The summed E-state index contributed by atoms with van der Waals surface area (Å²) in [6.07, 6.45) is 1.53. The predicted molar refractivity (Wildman–Crippen MR) is 121 cm³/mol. The zero-order chi connectivity index (χ0) is 22.7. The van der Waals surface area contributed by atoms with Gasteiger partial charge in [-0.15, -0.1) is 0 Å². The van der Waals surface area contributed by atoms with Crippen LogP contribution in [0.5, 0.6) is 5.75 Å². The molecule has 0 saturated carbocycles. The third kappa shape index (κ3) is 4.36. The number of carbonyl (C=O) groups excluding carboxylic acids is 3. The van der Waals surface area contributed by atoms with E-state index in [1.165, 1.54) is 6.08 Å². The van der Waals surface area contributed by atoms with Gasteiger partial charge in [-0.2, -0.15) is 0 Å². The van der Waals surface area contributed by atoms with Gasteiger partial charge in [0.1, 0.15) is 11.3 Å². The van der Waals surface area contributed by atoms with Crippen LogP contribution in [0.4, 0.5) is 16.2 Å². The van der Waals surface area contributed by atoms with E-state index >= 15 is 0 Å². The molecular formula is C24H25N3O5. The Bertz CT molecular complexity index is 1070. The van der Waals surface area contributed by atoms with Crippen LogP contribution >= 0.6 is 0 Å². The summed E-state index contributed by atoms with van der Waals surface area (Å²) >= 11 is 0. The second-order valence-electron chi connectivity index (χ2n) is 7.53. The number of urea groups is 1. The van der Waals surface area contributed by atoms with Crippen molar-refractivity contribution in [3.8, 4) is 5.75 Å². The maximum atomic E-state index is 13.1. The molecule has 0 aliphatic carbocycles. The smallest absolute Gasteiger partial charge is 0.335 e. The molecule has 166 valence electrons. The first-order chi connectivity index (χ1) is 15.5. The molecule has 2 aromatic carbocycles. The van der Waals surface area contributed by atoms with Gasteiger partial charge in [0.2, 0.25) is 0 Å². The van der Waals surface area contributed by atoms with E-state index in [1.54, 1.807) is 24.3 Å². The van der Waals surface area contributed by atoms with Crippen molar-refractivity contribution in [2.45, 2.75) is 13.8 Å². The van der Waals surface area contributed by atoms with Gasteiger partial charge in [0.05, 0.1) is 25.5 Å². The summed E-state index contributed by atoms with van der Waals surface area (Å²) in [4.78, 5) is 41.2. The molecule has 0 atom stereocenters. The van der Waals surface area contributed by atoms with E-state index in [0.717, 1.165) is 34.8 Å². The quantitative estimate of drug-likeness (QED) is 0.574. The normalized spacial score (nSPS) is 18.2. The molecule has 2 saturated heterocycles. The molecule has 2 aliphatic rings. The molecule has 2 fully saturated rings. The van der Waals surface area contributed by atoms with Crippen LogP contribution in [-0.2, 0) is 14.3 Å². The molecule has 8 nitrogen and oxygen atoms in total. The highest BCUT2D eigenvalue weighted by molar-refractivity contribution is 6.39. The summed E-state index contributed by atoms with van der Waals surface area (Å²) < 4.78 is 10.8. The maximum absolute atomic E-state index is 13.1. The van der Waals surface area contributed by atoms with E-state index in [2.05, 4.69) is 10.2 Å². The highest BCUT2D eigenvalue weighted by Crippen LogP contribution is 2.26. The fraction of sp³-hybridized carbons (Fsp3) is 0.292. The van der Waals surface area contributed by atoms with Crippen LogP contribution in [0.2, 0.25) is 0 Å². The van der Waals surface area contributed by atoms with Crippen molar-refractivity contribution >= 4 is 35.3 Å². The number of nitrogens with zero attached hydrogens (tertiary/aromatic N) is 2. The number of nitrogens with one attached hydrogen (secondary N) is 1. The lowest BCUT2D eigenvalue weighted by molar-refractivity contribution is -0.122. The maximum Gasteiger partial charge on any atom is 0.335 e. The molecule has 0 bridgehead atoms. The van der Waals surface area contributed by atoms with Crippen molar-refractivity contribution < 1.29 is 23.9 Å². The van der Waals surface area contributed by atoms with Crippen LogP contribution in [-0.4, -0.2) is 50.8 Å². The first-order valence-electron chi connectivity index (χ1n) is 10.6. The number of carbonyl (C=O) groups is 3. The van der Waals surface area contributed by atoms with E-state index < -0.39 is 17.8 Å². The number of imide groups is 2. The van der Waals surface area contributed by atoms with Crippen LogP contribution in [0.15, 0.2) is 48.0 Å². The molecule has 8 heteroatoms. The number of hydrogen-bond acceptors (Lipinski definition) is 6. The zero-order valence-corrected chi connectivity index (χ0v) is 18.1. The van der Waals surface area contributed by atoms with Crippen LogP contribution in [0.1, 0.15) is 18.1 Å². The first kappa shape index (κ1) is 21.6. The number of aryl methyl sites for hydroxylation is 1. The van der Waals surface area contributed by atoms with E-state index in [9.17, 15) is 14.4 Å². The minimum Gasteiger partial charge on any atom is -0.494 e. The molecule has 2 aliphatic heterocycles. The lowest BCUT2D eigenvalue weighted by Gasteiger charge is -2.29. The Morgan fingerprint density at radius 1 is 1.03 bits per heavy atom. The summed E-state index contributed by atoms with van der Waals surface area (Å²) in [5.74, 6) is -0.748. The van der Waals surface area contributed by atoms with Crippen molar-refractivity contribution in [3.63, 3.8) is 0 Å². The van der Waals surface area contributed by atoms with Gasteiger partial charge in [0.25, 0.3) is 11.8 Å². The number of amides is 4. The Hall–Kier alpha value is -3.65. The molecule has 1 N–H and O–H groups in total. The molecule has 0 radical (unpaired) electrons. The Morgan fingerprint density at radius 2 is 1.72 bits per heavy atom. The minimum atomic E-state index is -0.777. The van der Waals surface area contributed by atoms with Gasteiger partial charge in [-0.1, -0.05) is 6.07 Å². The molecule has 32 heavy (non-hydrogen) atoms. The van der Waals surface area contributed by atoms with E-state index in [0.29, 0.717) is 31.3 Å². The van der Waals surface area contributed by atoms with Gasteiger partial charge >= 0.3 is 6.03 Å². The molecule has 0 aromatic heterocycles. The van der Waals surface area contributed by atoms with E-state index in [4.69, 9.17) is 9.47 Å². The molecule has 0 unspecified atom stereocenters. The van der Waals surface area contributed by atoms with Crippen LogP contribution in [0.25, 0.3) is 6.08 Å². The lowest BCUT2D eigenvalue weighted by Crippen LogP contribution is -2.54. The fourth-order valence-corrected chi connectivity index (χ4v) is 3.75. The second kappa shape index (κ2) is 9.23. The third-order valence-corrected chi connectivity index (χ3v) is 5.44. The average molecular weight is 435 g/mol. The number of morpholine rings is 1. The Balaban J connectivity index is 1.61. The Morgan fingerprint density at radius 3 is 2.38 bits per heavy atom. The summed E-state index contributed by atoms with van der Waals surface area (Å²) in [6, 6.07) is 11.7. The van der Waals surface area contributed by atoms with Gasteiger partial charge in [-0.3, -0.25) is 14.9 Å². The van der Waals surface area contributed by atoms with Gasteiger partial charge in [0, 0.05) is 18.8 Å². The summed E-state index contributed by atoms with van der Waals surface area (Å²) in [5, 5.41) is 2.26. The molecule has 2 heterocycles. The molecule has 4 rings (SSSR count). The molecule has 4 amide bonds. The zero-order valence-electron chi connectivity index (χ0n) is 18.1. The first-order valence-corrected chi connectivity index (χ1v) is 10.6. The monoisotopic (exact) mass is 435 g/mol. The number of benzene rings is 2. The highest BCUT2D eigenvalue weighted by Gasteiger charge is 2.36.